The number of ether oxygens (including phenoxy) is 1. The van der Waals surface area contributed by atoms with Crippen LogP contribution in [-0.4, -0.2) is 41.8 Å². The first kappa shape index (κ1) is 24.8. The highest BCUT2D eigenvalue weighted by Gasteiger charge is 2.31. The lowest BCUT2D eigenvalue weighted by Gasteiger charge is -2.26. The second-order valence-electron chi connectivity index (χ2n) is 9.52. The SMILES string of the molecule is CCC(NC(=O)C(CCC(=O)O)NC(=O)OCC1c2ccccc2-c2ccccc21)C1CCCC1. The van der Waals surface area contributed by atoms with E-state index >= 15 is 0 Å². The Kier molecular flexibility index (Phi) is 8.06. The van der Waals surface area contributed by atoms with E-state index in [0.29, 0.717) is 5.92 Å². The average Bonchev–Trinajstić information content (AvgIpc) is 3.50. The zero-order valence-corrected chi connectivity index (χ0v) is 20.2. The van der Waals surface area contributed by atoms with Gasteiger partial charge in [-0.1, -0.05) is 68.3 Å². The lowest BCUT2D eigenvalue weighted by molar-refractivity contribution is -0.137. The van der Waals surface area contributed by atoms with Crippen LogP contribution in [0.5, 0.6) is 0 Å². The van der Waals surface area contributed by atoms with Crippen LogP contribution in [0, 0.1) is 5.92 Å². The number of amides is 2. The van der Waals surface area contributed by atoms with Crippen LogP contribution in [0.15, 0.2) is 48.5 Å². The maximum Gasteiger partial charge on any atom is 0.407 e. The zero-order valence-electron chi connectivity index (χ0n) is 20.2. The lowest BCUT2D eigenvalue weighted by atomic mass is 9.95. The number of carbonyl (C=O) groups excluding carboxylic acids is 2. The third kappa shape index (κ3) is 5.84. The zero-order chi connectivity index (χ0) is 24.8. The Hall–Kier alpha value is -3.35. The third-order valence-corrected chi connectivity index (χ3v) is 7.34. The van der Waals surface area contributed by atoms with Crippen LogP contribution in [0.1, 0.15) is 68.9 Å². The van der Waals surface area contributed by atoms with Gasteiger partial charge in [-0.25, -0.2) is 4.79 Å². The van der Waals surface area contributed by atoms with E-state index in [1.807, 2.05) is 43.3 Å². The molecule has 1 fully saturated rings. The molecule has 4 rings (SSSR count). The van der Waals surface area contributed by atoms with Crippen LogP contribution in [0.3, 0.4) is 0 Å². The fourth-order valence-corrected chi connectivity index (χ4v) is 5.52. The predicted octanol–water partition coefficient (Wildman–Crippen LogP) is 4.84. The van der Waals surface area contributed by atoms with Crippen LogP contribution in [0.25, 0.3) is 11.1 Å². The van der Waals surface area contributed by atoms with Gasteiger partial charge in [0.15, 0.2) is 0 Å². The summed E-state index contributed by atoms with van der Waals surface area (Å²) in [5, 5.41) is 14.8. The number of carbonyl (C=O) groups is 3. The molecule has 0 heterocycles. The highest BCUT2D eigenvalue weighted by atomic mass is 16.5. The lowest BCUT2D eigenvalue weighted by Crippen LogP contribution is -2.51. The minimum absolute atomic E-state index is 0.00641. The molecule has 7 nitrogen and oxygen atoms in total. The van der Waals surface area contributed by atoms with Gasteiger partial charge in [-0.05, 0) is 53.9 Å². The molecule has 186 valence electrons. The van der Waals surface area contributed by atoms with Crippen molar-refractivity contribution in [2.75, 3.05) is 6.61 Å². The summed E-state index contributed by atoms with van der Waals surface area (Å²) in [5.74, 6) is -1.02. The van der Waals surface area contributed by atoms with Gasteiger partial charge < -0.3 is 20.5 Å². The van der Waals surface area contributed by atoms with Gasteiger partial charge in [0.2, 0.25) is 5.91 Å². The fraction of sp³-hybridized carbons (Fsp3) is 0.464. The number of alkyl carbamates (subject to hydrolysis) is 1. The molecule has 0 bridgehead atoms. The second-order valence-corrected chi connectivity index (χ2v) is 9.52. The Morgan fingerprint density at radius 1 is 0.971 bits per heavy atom. The largest absolute Gasteiger partial charge is 0.481 e. The Morgan fingerprint density at radius 2 is 1.57 bits per heavy atom. The Balaban J connectivity index is 1.40. The van der Waals surface area contributed by atoms with Gasteiger partial charge in [0, 0.05) is 18.4 Å². The summed E-state index contributed by atoms with van der Waals surface area (Å²) in [6.45, 7) is 2.17. The van der Waals surface area contributed by atoms with Crippen molar-refractivity contribution in [3.05, 3.63) is 59.7 Å². The van der Waals surface area contributed by atoms with E-state index in [1.54, 1.807) is 0 Å². The first-order valence-corrected chi connectivity index (χ1v) is 12.6. The van der Waals surface area contributed by atoms with Gasteiger partial charge in [0.25, 0.3) is 0 Å². The first-order valence-electron chi connectivity index (χ1n) is 12.6. The molecular weight excluding hydrogens is 444 g/mol. The quantitative estimate of drug-likeness (QED) is 0.453. The minimum Gasteiger partial charge on any atom is -0.481 e. The molecule has 2 aromatic rings. The third-order valence-electron chi connectivity index (χ3n) is 7.34. The number of carboxylic acid groups (broad SMARTS) is 1. The molecule has 1 saturated carbocycles. The Labute approximate surface area is 206 Å². The van der Waals surface area contributed by atoms with Crippen LogP contribution < -0.4 is 10.6 Å². The molecule has 2 amide bonds. The summed E-state index contributed by atoms with van der Waals surface area (Å²) in [6, 6.07) is 15.2. The van der Waals surface area contributed by atoms with Gasteiger partial charge in [0.1, 0.15) is 12.6 Å². The van der Waals surface area contributed by atoms with Crippen molar-refractivity contribution >= 4 is 18.0 Å². The molecule has 3 N–H and O–H groups in total. The van der Waals surface area contributed by atoms with Crippen molar-refractivity contribution in [3.8, 4) is 11.1 Å². The summed E-state index contributed by atoms with van der Waals surface area (Å²) >= 11 is 0. The highest BCUT2D eigenvalue weighted by Crippen LogP contribution is 2.44. The monoisotopic (exact) mass is 478 g/mol. The molecule has 0 aliphatic heterocycles. The van der Waals surface area contributed by atoms with E-state index in [-0.39, 0.29) is 37.3 Å². The van der Waals surface area contributed by atoms with Crippen molar-refractivity contribution in [3.63, 3.8) is 0 Å². The normalized spacial score (nSPS) is 16.7. The van der Waals surface area contributed by atoms with Gasteiger partial charge >= 0.3 is 12.1 Å². The number of nitrogens with one attached hydrogen (secondary N) is 2. The van der Waals surface area contributed by atoms with Crippen molar-refractivity contribution in [2.24, 2.45) is 5.92 Å². The number of hydrogen-bond donors (Lipinski definition) is 3. The number of fused-ring (bicyclic) bond motifs is 3. The number of carboxylic acids is 1. The number of aliphatic carboxylic acids is 1. The van der Waals surface area contributed by atoms with E-state index < -0.39 is 18.1 Å². The average molecular weight is 479 g/mol. The van der Waals surface area contributed by atoms with Crippen LogP contribution in [-0.2, 0) is 14.3 Å². The summed E-state index contributed by atoms with van der Waals surface area (Å²) in [5.41, 5.74) is 4.47. The van der Waals surface area contributed by atoms with Gasteiger partial charge in [-0.15, -0.1) is 0 Å². The first-order chi connectivity index (χ1) is 17.0. The molecule has 2 atom stereocenters. The molecular formula is C28H34N2O5. The van der Waals surface area contributed by atoms with Gasteiger partial charge in [-0.2, -0.15) is 0 Å². The van der Waals surface area contributed by atoms with E-state index in [1.165, 1.54) is 0 Å². The molecule has 0 radical (unpaired) electrons. The van der Waals surface area contributed by atoms with Crippen molar-refractivity contribution in [2.45, 2.75) is 69.9 Å². The standard InChI is InChI=1S/C28H34N2O5/c1-2-24(18-9-3-4-10-18)29-27(33)25(15-16-26(31)32)30-28(34)35-17-23-21-13-7-5-11-19(21)20-12-6-8-14-22(20)23/h5-8,11-14,18,23-25H,2-4,9-10,15-17H2,1H3,(H,29,33)(H,30,34)(H,31,32). The van der Waals surface area contributed by atoms with Crippen molar-refractivity contribution in [1.29, 1.82) is 0 Å². The maximum absolute atomic E-state index is 13.0. The fourth-order valence-electron chi connectivity index (χ4n) is 5.52. The van der Waals surface area contributed by atoms with Crippen molar-refractivity contribution < 1.29 is 24.2 Å². The summed E-state index contributed by atoms with van der Waals surface area (Å²) in [4.78, 5) is 36.9. The van der Waals surface area contributed by atoms with Crippen molar-refractivity contribution in [1.82, 2.24) is 10.6 Å². The minimum atomic E-state index is -1.01. The van der Waals surface area contributed by atoms with E-state index in [0.717, 1.165) is 54.4 Å². The molecule has 2 aliphatic rings. The number of rotatable bonds is 10. The van der Waals surface area contributed by atoms with Crippen LogP contribution in [0.4, 0.5) is 4.79 Å². The second kappa shape index (κ2) is 11.4. The van der Waals surface area contributed by atoms with Gasteiger partial charge in [0.05, 0.1) is 0 Å². The summed E-state index contributed by atoms with van der Waals surface area (Å²) in [6.07, 6.45) is 4.36. The molecule has 0 aromatic heterocycles. The summed E-state index contributed by atoms with van der Waals surface area (Å²) in [7, 11) is 0. The highest BCUT2D eigenvalue weighted by molar-refractivity contribution is 5.86. The molecule has 2 aliphatic carbocycles. The topological polar surface area (TPSA) is 105 Å². The van der Waals surface area contributed by atoms with Crippen LogP contribution >= 0.6 is 0 Å². The summed E-state index contributed by atoms with van der Waals surface area (Å²) < 4.78 is 5.58. The van der Waals surface area contributed by atoms with E-state index in [2.05, 4.69) is 22.8 Å². The predicted molar refractivity (Wildman–Crippen MR) is 133 cm³/mol. The smallest absolute Gasteiger partial charge is 0.407 e. The molecule has 0 spiro atoms. The van der Waals surface area contributed by atoms with E-state index in [9.17, 15) is 14.4 Å². The molecule has 7 heteroatoms. The number of hydrogen-bond acceptors (Lipinski definition) is 4. The molecule has 35 heavy (non-hydrogen) atoms. The Morgan fingerprint density at radius 3 is 2.14 bits per heavy atom. The molecule has 2 aromatic carbocycles. The number of benzene rings is 2. The molecule has 0 saturated heterocycles. The van der Waals surface area contributed by atoms with E-state index in [4.69, 9.17) is 9.84 Å². The molecule has 2 unspecified atom stereocenters. The van der Waals surface area contributed by atoms with Gasteiger partial charge in [-0.3, -0.25) is 9.59 Å². The van der Waals surface area contributed by atoms with Crippen LogP contribution in [0.2, 0.25) is 0 Å². The maximum atomic E-state index is 13.0. The Bertz CT molecular complexity index is 1020.